The first-order chi connectivity index (χ1) is 14.6. The molecule has 0 aromatic heterocycles. The fourth-order valence-corrected chi connectivity index (χ4v) is 4.11. The van der Waals surface area contributed by atoms with Crippen molar-refractivity contribution in [2.75, 3.05) is 33.0 Å². The van der Waals surface area contributed by atoms with Gasteiger partial charge < -0.3 is 19.5 Å². The first-order valence-corrected chi connectivity index (χ1v) is 10.6. The van der Waals surface area contributed by atoms with E-state index in [1.165, 1.54) is 12.1 Å². The summed E-state index contributed by atoms with van der Waals surface area (Å²) in [6.45, 7) is 3.12. The van der Waals surface area contributed by atoms with Gasteiger partial charge in [-0.05, 0) is 54.7 Å². The van der Waals surface area contributed by atoms with Crippen molar-refractivity contribution in [3.8, 4) is 11.5 Å². The lowest BCUT2D eigenvalue weighted by atomic mass is 9.74. The zero-order valence-electron chi connectivity index (χ0n) is 17.1. The Kier molecular flexibility index (Phi) is 6.53. The number of benzene rings is 2. The van der Waals surface area contributed by atoms with Crippen LogP contribution in [0, 0.1) is 5.82 Å². The van der Waals surface area contributed by atoms with Crippen LogP contribution >= 0.6 is 0 Å². The Morgan fingerprint density at radius 3 is 2.47 bits per heavy atom. The molecule has 0 bridgehead atoms. The maximum Gasteiger partial charge on any atom is 0.220 e. The number of rotatable bonds is 6. The van der Waals surface area contributed by atoms with Crippen molar-refractivity contribution in [1.29, 1.82) is 0 Å². The molecule has 1 saturated heterocycles. The second-order valence-corrected chi connectivity index (χ2v) is 8.01. The molecule has 1 fully saturated rings. The lowest BCUT2D eigenvalue weighted by Gasteiger charge is -2.38. The van der Waals surface area contributed by atoms with E-state index in [0.29, 0.717) is 45.8 Å². The summed E-state index contributed by atoms with van der Waals surface area (Å²) in [7, 11) is 0. The summed E-state index contributed by atoms with van der Waals surface area (Å²) in [6, 6.07) is 12.5. The predicted octanol–water partition coefficient (Wildman–Crippen LogP) is 3.78. The lowest BCUT2D eigenvalue weighted by molar-refractivity contribution is -0.121. The van der Waals surface area contributed by atoms with Crippen LogP contribution in [0.2, 0.25) is 0 Å². The second kappa shape index (κ2) is 9.47. The molecule has 0 atom stereocenters. The van der Waals surface area contributed by atoms with Crippen LogP contribution in [0.4, 0.5) is 4.39 Å². The maximum atomic E-state index is 13.4. The molecule has 2 aromatic carbocycles. The van der Waals surface area contributed by atoms with Gasteiger partial charge in [0, 0.05) is 38.0 Å². The molecule has 0 radical (unpaired) electrons. The van der Waals surface area contributed by atoms with E-state index in [9.17, 15) is 9.18 Å². The monoisotopic (exact) mass is 413 g/mol. The molecule has 5 nitrogen and oxygen atoms in total. The quantitative estimate of drug-likeness (QED) is 0.783. The SMILES string of the molecule is O=C(CCc1ccc2c(c1)OCCCO2)NCC1(c2ccc(F)cc2)CCOCC1. The molecule has 0 spiro atoms. The third-order valence-corrected chi connectivity index (χ3v) is 5.98. The zero-order chi connectivity index (χ0) is 20.8. The summed E-state index contributed by atoms with van der Waals surface area (Å²) < 4.78 is 30.3. The summed E-state index contributed by atoms with van der Waals surface area (Å²) >= 11 is 0. The second-order valence-electron chi connectivity index (χ2n) is 8.01. The number of hydrogen-bond donors (Lipinski definition) is 1. The minimum absolute atomic E-state index is 0.00934. The Morgan fingerprint density at radius 2 is 1.70 bits per heavy atom. The molecule has 2 aliphatic rings. The molecule has 2 heterocycles. The van der Waals surface area contributed by atoms with Crippen molar-refractivity contribution >= 4 is 5.91 Å². The van der Waals surface area contributed by atoms with Crippen LogP contribution in [0.3, 0.4) is 0 Å². The van der Waals surface area contributed by atoms with Gasteiger partial charge in [0.15, 0.2) is 11.5 Å². The number of aryl methyl sites for hydroxylation is 1. The summed E-state index contributed by atoms with van der Waals surface area (Å²) in [4.78, 5) is 12.6. The van der Waals surface area contributed by atoms with Crippen LogP contribution < -0.4 is 14.8 Å². The first-order valence-electron chi connectivity index (χ1n) is 10.6. The van der Waals surface area contributed by atoms with Gasteiger partial charge in [0.25, 0.3) is 0 Å². The molecule has 2 aliphatic heterocycles. The van der Waals surface area contributed by atoms with Crippen molar-refractivity contribution in [3.05, 3.63) is 59.4 Å². The summed E-state index contributed by atoms with van der Waals surface area (Å²) in [5.41, 5.74) is 1.89. The predicted molar refractivity (Wildman–Crippen MR) is 112 cm³/mol. The summed E-state index contributed by atoms with van der Waals surface area (Å²) in [5, 5.41) is 3.10. The molecule has 4 rings (SSSR count). The fourth-order valence-electron chi connectivity index (χ4n) is 4.11. The smallest absolute Gasteiger partial charge is 0.220 e. The van der Waals surface area contributed by atoms with Crippen molar-refractivity contribution in [3.63, 3.8) is 0 Å². The third kappa shape index (κ3) is 4.93. The first kappa shape index (κ1) is 20.7. The Labute approximate surface area is 176 Å². The van der Waals surface area contributed by atoms with Gasteiger partial charge in [-0.25, -0.2) is 4.39 Å². The molecule has 6 heteroatoms. The van der Waals surface area contributed by atoms with E-state index in [4.69, 9.17) is 14.2 Å². The van der Waals surface area contributed by atoms with E-state index in [1.54, 1.807) is 0 Å². The van der Waals surface area contributed by atoms with E-state index < -0.39 is 0 Å². The van der Waals surface area contributed by atoms with Crippen LogP contribution in [-0.4, -0.2) is 38.9 Å². The Morgan fingerprint density at radius 1 is 0.967 bits per heavy atom. The topological polar surface area (TPSA) is 56.8 Å². The van der Waals surface area contributed by atoms with Crippen molar-refractivity contribution in [2.45, 2.75) is 37.5 Å². The van der Waals surface area contributed by atoms with Gasteiger partial charge in [0.1, 0.15) is 5.82 Å². The lowest BCUT2D eigenvalue weighted by Crippen LogP contribution is -2.44. The van der Waals surface area contributed by atoms with Crippen LogP contribution in [0.15, 0.2) is 42.5 Å². The van der Waals surface area contributed by atoms with Gasteiger partial charge in [0.05, 0.1) is 13.2 Å². The van der Waals surface area contributed by atoms with Crippen LogP contribution in [0.1, 0.15) is 36.8 Å². The van der Waals surface area contributed by atoms with E-state index in [0.717, 1.165) is 41.9 Å². The van der Waals surface area contributed by atoms with E-state index in [1.807, 2.05) is 30.3 Å². The minimum atomic E-state index is -0.250. The summed E-state index contributed by atoms with van der Waals surface area (Å²) in [5.74, 6) is 1.28. The highest BCUT2D eigenvalue weighted by molar-refractivity contribution is 5.76. The Balaban J connectivity index is 1.35. The van der Waals surface area contributed by atoms with Gasteiger partial charge in [-0.2, -0.15) is 0 Å². The molecule has 2 aromatic rings. The van der Waals surface area contributed by atoms with E-state index in [2.05, 4.69) is 5.32 Å². The van der Waals surface area contributed by atoms with Crippen molar-refractivity contribution < 1.29 is 23.4 Å². The van der Waals surface area contributed by atoms with E-state index >= 15 is 0 Å². The highest BCUT2D eigenvalue weighted by atomic mass is 19.1. The fraction of sp³-hybridized carbons (Fsp3) is 0.458. The largest absolute Gasteiger partial charge is 0.490 e. The normalized spacial score (nSPS) is 17.8. The number of amides is 1. The van der Waals surface area contributed by atoms with Crippen LogP contribution in [0.5, 0.6) is 11.5 Å². The molecule has 0 saturated carbocycles. The molecule has 160 valence electrons. The number of hydrogen-bond acceptors (Lipinski definition) is 4. The number of ether oxygens (including phenoxy) is 3. The molecule has 30 heavy (non-hydrogen) atoms. The van der Waals surface area contributed by atoms with Crippen molar-refractivity contribution in [1.82, 2.24) is 5.32 Å². The highest BCUT2D eigenvalue weighted by Gasteiger charge is 2.34. The number of carbonyl (C=O) groups excluding carboxylic acids is 1. The standard InChI is InChI=1S/C24H28FNO4/c25-20-6-4-19(5-7-20)24(10-14-28-15-11-24)17-26-23(27)9-3-18-2-8-21-22(16-18)30-13-1-12-29-21/h2,4-8,16H,1,3,9-15,17H2,(H,26,27). The van der Waals surface area contributed by atoms with Gasteiger partial charge in [-0.1, -0.05) is 18.2 Å². The van der Waals surface area contributed by atoms with Gasteiger partial charge in [-0.3, -0.25) is 4.79 Å². The number of carbonyl (C=O) groups is 1. The maximum absolute atomic E-state index is 13.4. The van der Waals surface area contributed by atoms with Gasteiger partial charge in [-0.15, -0.1) is 0 Å². The number of fused-ring (bicyclic) bond motifs is 1. The average molecular weight is 413 g/mol. The summed E-state index contributed by atoms with van der Waals surface area (Å²) in [6.07, 6.45) is 3.51. The van der Waals surface area contributed by atoms with Crippen molar-refractivity contribution in [2.24, 2.45) is 0 Å². The van der Waals surface area contributed by atoms with E-state index in [-0.39, 0.29) is 17.1 Å². The van der Waals surface area contributed by atoms with Crippen LogP contribution in [-0.2, 0) is 21.4 Å². The van der Waals surface area contributed by atoms with Gasteiger partial charge >= 0.3 is 0 Å². The van der Waals surface area contributed by atoms with Crippen LogP contribution in [0.25, 0.3) is 0 Å². The number of halogens is 1. The molecule has 0 aliphatic carbocycles. The number of nitrogens with one attached hydrogen (secondary N) is 1. The Bertz CT molecular complexity index is 862. The minimum Gasteiger partial charge on any atom is -0.490 e. The highest BCUT2D eigenvalue weighted by Crippen LogP contribution is 2.34. The zero-order valence-corrected chi connectivity index (χ0v) is 17.1. The van der Waals surface area contributed by atoms with Gasteiger partial charge in [0.2, 0.25) is 5.91 Å². The Hall–Kier alpha value is -2.60. The molecule has 0 unspecified atom stereocenters. The molecular formula is C24H28FNO4. The average Bonchev–Trinajstić information content (AvgIpc) is 3.02. The molecular weight excluding hydrogens is 385 g/mol. The molecule has 1 amide bonds. The third-order valence-electron chi connectivity index (χ3n) is 5.98. The molecule has 1 N–H and O–H groups in total.